The summed E-state index contributed by atoms with van der Waals surface area (Å²) in [6.07, 6.45) is 3.84. The molecule has 0 bridgehead atoms. The van der Waals surface area contributed by atoms with E-state index in [-0.39, 0.29) is 5.91 Å². The SMILES string of the molecule is CN(CCCc1cc(-c2ccccc2)no1)C(=O)CCCc1nc2ccccc2s1. The number of rotatable bonds is 9. The molecule has 0 radical (unpaired) electrons. The molecular weight excluding hydrogens is 394 g/mol. The van der Waals surface area contributed by atoms with Gasteiger partial charge >= 0.3 is 0 Å². The van der Waals surface area contributed by atoms with Gasteiger partial charge in [-0.3, -0.25) is 4.79 Å². The van der Waals surface area contributed by atoms with Crippen LogP contribution in [0.4, 0.5) is 0 Å². The second-order valence-corrected chi connectivity index (χ2v) is 8.51. The van der Waals surface area contributed by atoms with Gasteiger partial charge in [-0.05, 0) is 31.4 Å². The fraction of sp³-hybridized carbons (Fsp3) is 0.292. The van der Waals surface area contributed by atoms with E-state index >= 15 is 0 Å². The predicted octanol–water partition coefficient (Wildman–Crippen LogP) is 5.37. The minimum atomic E-state index is 0.179. The summed E-state index contributed by atoms with van der Waals surface area (Å²) in [5.41, 5.74) is 2.95. The molecular formula is C24H25N3O2S. The van der Waals surface area contributed by atoms with Gasteiger partial charge in [-0.25, -0.2) is 4.98 Å². The van der Waals surface area contributed by atoms with Gasteiger partial charge < -0.3 is 9.42 Å². The number of carbonyl (C=O) groups excluding carboxylic acids is 1. The first-order chi connectivity index (χ1) is 14.7. The number of amides is 1. The smallest absolute Gasteiger partial charge is 0.222 e. The molecule has 0 saturated heterocycles. The van der Waals surface area contributed by atoms with Crippen molar-refractivity contribution in [3.63, 3.8) is 0 Å². The predicted molar refractivity (Wildman–Crippen MR) is 120 cm³/mol. The Hall–Kier alpha value is -2.99. The van der Waals surface area contributed by atoms with Crippen LogP contribution in [0.2, 0.25) is 0 Å². The molecule has 0 spiro atoms. The second kappa shape index (κ2) is 9.67. The van der Waals surface area contributed by atoms with Crippen molar-refractivity contribution in [2.75, 3.05) is 13.6 Å². The third kappa shape index (κ3) is 5.13. The van der Waals surface area contributed by atoms with Gasteiger partial charge in [-0.1, -0.05) is 47.6 Å². The van der Waals surface area contributed by atoms with Crippen LogP contribution in [0.15, 0.2) is 65.2 Å². The molecule has 2 aromatic carbocycles. The summed E-state index contributed by atoms with van der Waals surface area (Å²) in [5, 5.41) is 5.25. The molecule has 0 atom stereocenters. The highest BCUT2D eigenvalue weighted by Gasteiger charge is 2.11. The van der Waals surface area contributed by atoms with Crippen LogP contribution < -0.4 is 0 Å². The number of para-hydroxylation sites is 1. The van der Waals surface area contributed by atoms with E-state index in [0.29, 0.717) is 13.0 Å². The third-order valence-electron chi connectivity index (χ3n) is 5.09. The van der Waals surface area contributed by atoms with Crippen molar-refractivity contribution < 1.29 is 9.32 Å². The molecule has 2 heterocycles. The van der Waals surface area contributed by atoms with Crippen LogP contribution in [-0.4, -0.2) is 34.5 Å². The summed E-state index contributed by atoms with van der Waals surface area (Å²) in [4.78, 5) is 18.9. The molecule has 0 saturated carbocycles. The first-order valence-electron chi connectivity index (χ1n) is 10.3. The Labute approximate surface area is 180 Å². The van der Waals surface area contributed by atoms with Crippen molar-refractivity contribution in [1.29, 1.82) is 0 Å². The summed E-state index contributed by atoms with van der Waals surface area (Å²) in [6.45, 7) is 0.710. The molecule has 30 heavy (non-hydrogen) atoms. The van der Waals surface area contributed by atoms with Crippen molar-refractivity contribution in [3.8, 4) is 11.3 Å². The number of carbonyl (C=O) groups is 1. The molecule has 2 aromatic heterocycles. The average Bonchev–Trinajstić information content (AvgIpc) is 3.41. The Morgan fingerprint density at radius 1 is 1.03 bits per heavy atom. The summed E-state index contributed by atoms with van der Waals surface area (Å²) < 4.78 is 6.65. The first-order valence-corrected chi connectivity index (χ1v) is 11.1. The fourth-order valence-electron chi connectivity index (χ4n) is 3.40. The zero-order valence-electron chi connectivity index (χ0n) is 17.1. The maximum Gasteiger partial charge on any atom is 0.222 e. The molecule has 0 aliphatic heterocycles. The lowest BCUT2D eigenvalue weighted by Crippen LogP contribution is -2.27. The number of fused-ring (bicyclic) bond motifs is 1. The molecule has 4 rings (SSSR count). The molecule has 0 aliphatic rings. The summed E-state index contributed by atoms with van der Waals surface area (Å²) >= 11 is 1.72. The van der Waals surface area contributed by atoms with E-state index in [0.717, 1.165) is 53.2 Å². The summed E-state index contributed by atoms with van der Waals surface area (Å²) in [6, 6.07) is 20.1. The van der Waals surface area contributed by atoms with Crippen molar-refractivity contribution in [2.24, 2.45) is 0 Å². The lowest BCUT2D eigenvalue weighted by molar-refractivity contribution is -0.130. The number of hydrogen-bond acceptors (Lipinski definition) is 5. The van der Waals surface area contributed by atoms with Gasteiger partial charge in [0.2, 0.25) is 5.91 Å². The van der Waals surface area contributed by atoms with E-state index < -0.39 is 0 Å². The monoisotopic (exact) mass is 419 g/mol. The highest BCUT2D eigenvalue weighted by Crippen LogP contribution is 2.23. The number of nitrogens with zero attached hydrogens (tertiary/aromatic N) is 3. The van der Waals surface area contributed by atoms with Gasteiger partial charge in [0.1, 0.15) is 11.5 Å². The number of aryl methyl sites for hydroxylation is 2. The van der Waals surface area contributed by atoms with Gasteiger partial charge in [-0.15, -0.1) is 11.3 Å². The van der Waals surface area contributed by atoms with Crippen LogP contribution in [0, 0.1) is 0 Å². The zero-order valence-corrected chi connectivity index (χ0v) is 17.9. The lowest BCUT2D eigenvalue weighted by atomic mass is 10.1. The van der Waals surface area contributed by atoms with E-state index in [4.69, 9.17) is 4.52 Å². The minimum absolute atomic E-state index is 0.179. The van der Waals surface area contributed by atoms with Gasteiger partial charge in [-0.2, -0.15) is 0 Å². The molecule has 0 aliphatic carbocycles. The Morgan fingerprint density at radius 2 is 1.83 bits per heavy atom. The van der Waals surface area contributed by atoms with Gasteiger partial charge in [0.25, 0.3) is 0 Å². The van der Waals surface area contributed by atoms with Crippen molar-refractivity contribution in [1.82, 2.24) is 15.0 Å². The fourth-order valence-corrected chi connectivity index (χ4v) is 4.41. The van der Waals surface area contributed by atoms with Crippen LogP contribution in [0.3, 0.4) is 0 Å². The molecule has 6 heteroatoms. The maximum absolute atomic E-state index is 12.4. The molecule has 0 fully saturated rings. The zero-order chi connectivity index (χ0) is 20.8. The van der Waals surface area contributed by atoms with E-state index in [9.17, 15) is 4.79 Å². The van der Waals surface area contributed by atoms with Crippen LogP contribution in [0.5, 0.6) is 0 Å². The molecule has 4 aromatic rings. The Bertz CT molecular complexity index is 1070. The quantitative estimate of drug-likeness (QED) is 0.366. The third-order valence-corrected chi connectivity index (χ3v) is 6.19. The van der Waals surface area contributed by atoms with E-state index in [1.165, 1.54) is 4.70 Å². The van der Waals surface area contributed by atoms with Crippen LogP contribution in [0.1, 0.15) is 30.0 Å². The standard InChI is InChI=1S/C24H25N3O2S/c1-27(16-8-11-19-17-21(26-29-19)18-9-3-2-4-10-18)24(28)15-7-14-23-25-20-12-5-6-13-22(20)30-23/h2-6,9-10,12-13,17H,7-8,11,14-16H2,1H3. The van der Waals surface area contributed by atoms with Gasteiger partial charge in [0, 0.05) is 38.1 Å². The summed E-state index contributed by atoms with van der Waals surface area (Å²) in [5.74, 6) is 1.03. The Morgan fingerprint density at radius 3 is 2.67 bits per heavy atom. The Kier molecular flexibility index (Phi) is 6.54. The summed E-state index contributed by atoms with van der Waals surface area (Å²) in [7, 11) is 1.87. The molecule has 0 N–H and O–H groups in total. The minimum Gasteiger partial charge on any atom is -0.361 e. The number of thiazole rings is 1. The second-order valence-electron chi connectivity index (χ2n) is 7.39. The normalized spacial score (nSPS) is 11.1. The number of benzene rings is 2. The number of aromatic nitrogens is 2. The first kappa shape index (κ1) is 20.3. The topological polar surface area (TPSA) is 59.2 Å². The van der Waals surface area contributed by atoms with Crippen molar-refractivity contribution in [2.45, 2.75) is 32.1 Å². The van der Waals surface area contributed by atoms with Gasteiger partial charge in [0.05, 0.1) is 15.2 Å². The highest BCUT2D eigenvalue weighted by molar-refractivity contribution is 7.18. The highest BCUT2D eigenvalue weighted by atomic mass is 32.1. The largest absolute Gasteiger partial charge is 0.361 e. The Balaban J connectivity index is 1.18. The molecule has 0 unspecified atom stereocenters. The molecule has 154 valence electrons. The van der Waals surface area contributed by atoms with E-state index in [1.807, 2.05) is 66.5 Å². The van der Waals surface area contributed by atoms with E-state index in [2.05, 4.69) is 16.2 Å². The van der Waals surface area contributed by atoms with Gasteiger partial charge in [0.15, 0.2) is 0 Å². The van der Waals surface area contributed by atoms with E-state index in [1.54, 1.807) is 11.3 Å². The van der Waals surface area contributed by atoms with Crippen molar-refractivity contribution in [3.05, 3.63) is 71.4 Å². The molecule has 1 amide bonds. The maximum atomic E-state index is 12.4. The van der Waals surface area contributed by atoms with Crippen LogP contribution in [-0.2, 0) is 17.6 Å². The average molecular weight is 420 g/mol. The molecule has 5 nitrogen and oxygen atoms in total. The lowest BCUT2D eigenvalue weighted by Gasteiger charge is -2.16. The van der Waals surface area contributed by atoms with Crippen molar-refractivity contribution >= 4 is 27.5 Å². The van der Waals surface area contributed by atoms with Crippen LogP contribution >= 0.6 is 11.3 Å². The number of hydrogen-bond donors (Lipinski definition) is 0. The van der Waals surface area contributed by atoms with Crippen LogP contribution in [0.25, 0.3) is 21.5 Å².